The number of nitrogens with one attached hydrogen (secondary N) is 1. The number of hydrogen-bond acceptors (Lipinski definition) is 3. The minimum absolute atomic E-state index is 0.177. The van der Waals surface area contributed by atoms with Gasteiger partial charge in [-0.3, -0.25) is 9.78 Å². The number of aromatic nitrogens is 1. The Labute approximate surface area is 92.2 Å². The van der Waals surface area contributed by atoms with Crippen molar-refractivity contribution in [1.82, 2.24) is 10.3 Å². The highest BCUT2D eigenvalue weighted by Crippen LogP contribution is 2.26. The van der Waals surface area contributed by atoms with Crippen LogP contribution in [-0.4, -0.2) is 16.5 Å². The summed E-state index contributed by atoms with van der Waals surface area (Å²) in [6, 6.07) is 7.09. The summed E-state index contributed by atoms with van der Waals surface area (Å²) >= 11 is 0. The highest BCUT2D eigenvalue weighted by Gasteiger charge is 2.03. The number of amides is 1. The minimum atomic E-state index is 0.177. The molecule has 1 aromatic heterocycles. The Morgan fingerprint density at radius 3 is 3.00 bits per heavy atom. The Morgan fingerprint density at radius 2 is 2.19 bits per heavy atom. The molecule has 1 heterocycles. The Bertz CT molecular complexity index is 544. The maximum Gasteiger partial charge on any atom is 0.211 e. The molecular formula is C12H10N2O2. The van der Waals surface area contributed by atoms with Crippen LogP contribution in [0.4, 0.5) is 0 Å². The molecule has 0 bridgehead atoms. The monoisotopic (exact) mass is 214 g/mol. The number of rotatable bonds is 3. The standard InChI is InChI=1S/C12H10N2O2/c15-8-13-6-5-10-12-9(4-7-14-10)2-1-3-11(12)16/h1-8,16H,(H,13,15)/b6-5+. The molecule has 0 aliphatic carbocycles. The van der Waals surface area contributed by atoms with E-state index in [0.29, 0.717) is 17.5 Å². The zero-order valence-electron chi connectivity index (χ0n) is 8.42. The molecule has 1 amide bonds. The molecule has 0 unspecified atom stereocenters. The number of phenolic OH excluding ortho intramolecular Hbond substituents is 1. The summed E-state index contributed by atoms with van der Waals surface area (Å²) in [5.74, 6) is 0.177. The summed E-state index contributed by atoms with van der Waals surface area (Å²) < 4.78 is 0. The fourth-order valence-corrected chi connectivity index (χ4v) is 1.53. The van der Waals surface area contributed by atoms with E-state index in [4.69, 9.17) is 0 Å². The highest BCUT2D eigenvalue weighted by atomic mass is 16.3. The first-order valence-corrected chi connectivity index (χ1v) is 4.76. The van der Waals surface area contributed by atoms with Gasteiger partial charge in [0.05, 0.1) is 5.69 Å². The van der Waals surface area contributed by atoms with Crippen molar-refractivity contribution in [2.75, 3.05) is 0 Å². The zero-order chi connectivity index (χ0) is 11.4. The molecule has 4 heteroatoms. The lowest BCUT2D eigenvalue weighted by molar-refractivity contribution is -0.108. The van der Waals surface area contributed by atoms with E-state index in [1.54, 1.807) is 24.4 Å². The maximum atomic E-state index is 10.1. The van der Waals surface area contributed by atoms with Gasteiger partial charge in [-0.1, -0.05) is 12.1 Å². The van der Waals surface area contributed by atoms with Gasteiger partial charge in [-0.05, 0) is 23.6 Å². The maximum absolute atomic E-state index is 10.1. The average molecular weight is 214 g/mol. The lowest BCUT2D eigenvalue weighted by atomic mass is 10.1. The lowest BCUT2D eigenvalue weighted by Crippen LogP contribution is -1.98. The Kier molecular flexibility index (Phi) is 2.82. The van der Waals surface area contributed by atoms with Gasteiger partial charge in [0.2, 0.25) is 6.41 Å². The van der Waals surface area contributed by atoms with Crippen LogP contribution in [0.2, 0.25) is 0 Å². The highest BCUT2D eigenvalue weighted by molar-refractivity contribution is 5.93. The van der Waals surface area contributed by atoms with Crippen molar-refractivity contribution in [3.63, 3.8) is 0 Å². The fraction of sp³-hybridized carbons (Fsp3) is 0. The van der Waals surface area contributed by atoms with E-state index in [-0.39, 0.29) is 5.75 Å². The summed E-state index contributed by atoms with van der Waals surface area (Å²) in [6.07, 6.45) is 5.33. The molecule has 0 atom stereocenters. The van der Waals surface area contributed by atoms with Crippen LogP contribution in [0.5, 0.6) is 5.75 Å². The number of pyridine rings is 1. The quantitative estimate of drug-likeness (QED) is 0.764. The number of hydrogen-bond donors (Lipinski definition) is 2. The SMILES string of the molecule is O=CN/C=C/c1nccc2cccc(O)c12. The summed E-state index contributed by atoms with van der Waals surface area (Å²) in [5, 5.41) is 13.7. The van der Waals surface area contributed by atoms with Gasteiger partial charge in [-0.15, -0.1) is 0 Å². The number of phenols is 1. The van der Waals surface area contributed by atoms with Crippen LogP contribution in [0.3, 0.4) is 0 Å². The van der Waals surface area contributed by atoms with Gasteiger partial charge < -0.3 is 10.4 Å². The van der Waals surface area contributed by atoms with Gasteiger partial charge in [0, 0.05) is 17.8 Å². The molecule has 0 radical (unpaired) electrons. The molecule has 2 rings (SSSR count). The predicted octanol–water partition coefficient (Wildman–Crippen LogP) is 1.66. The summed E-state index contributed by atoms with van der Waals surface area (Å²) in [6.45, 7) is 0. The number of aromatic hydroxyl groups is 1. The smallest absolute Gasteiger partial charge is 0.211 e. The fourth-order valence-electron chi connectivity index (χ4n) is 1.53. The van der Waals surface area contributed by atoms with Gasteiger partial charge in [0.15, 0.2) is 0 Å². The van der Waals surface area contributed by atoms with Crippen LogP contribution in [0.15, 0.2) is 36.7 Å². The van der Waals surface area contributed by atoms with E-state index in [1.807, 2.05) is 12.1 Å². The third kappa shape index (κ3) is 1.86. The molecule has 80 valence electrons. The van der Waals surface area contributed by atoms with Gasteiger partial charge >= 0.3 is 0 Å². The van der Waals surface area contributed by atoms with Gasteiger partial charge in [-0.25, -0.2) is 0 Å². The molecule has 2 N–H and O–H groups in total. The molecule has 0 spiro atoms. The van der Waals surface area contributed by atoms with Crippen molar-refractivity contribution < 1.29 is 9.90 Å². The molecule has 0 saturated carbocycles. The van der Waals surface area contributed by atoms with Crippen LogP contribution in [-0.2, 0) is 4.79 Å². The Hall–Kier alpha value is -2.36. The van der Waals surface area contributed by atoms with Crippen molar-refractivity contribution in [3.05, 3.63) is 42.4 Å². The lowest BCUT2D eigenvalue weighted by Gasteiger charge is -2.03. The number of carbonyl (C=O) groups excluding carboxylic acids is 1. The normalized spacial score (nSPS) is 10.8. The molecule has 16 heavy (non-hydrogen) atoms. The summed E-state index contributed by atoms with van der Waals surface area (Å²) in [4.78, 5) is 14.2. The summed E-state index contributed by atoms with van der Waals surface area (Å²) in [7, 11) is 0. The number of nitrogens with zero attached hydrogens (tertiary/aromatic N) is 1. The second kappa shape index (κ2) is 4.44. The van der Waals surface area contributed by atoms with Crippen molar-refractivity contribution >= 4 is 23.3 Å². The molecule has 4 nitrogen and oxygen atoms in total. The third-order valence-electron chi connectivity index (χ3n) is 2.20. The number of fused-ring (bicyclic) bond motifs is 1. The van der Waals surface area contributed by atoms with E-state index in [0.717, 1.165) is 5.39 Å². The molecule has 0 aliphatic rings. The largest absolute Gasteiger partial charge is 0.507 e. The first kappa shape index (κ1) is 10.2. The van der Waals surface area contributed by atoms with Crippen LogP contribution in [0.25, 0.3) is 16.8 Å². The zero-order valence-corrected chi connectivity index (χ0v) is 8.42. The van der Waals surface area contributed by atoms with Crippen molar-refractivity contribution in [3.8, 4) is 5.75 Å². The first-order valence-electron chi connectivity index (χ1n) is 4.76. The first-order chi connectivity index (χ1) is 7.83. The van der Waals surface area contributed by atoms with Crippen LogP contribution < -0.4 is 5.32 Å². The van der Waals surface area contributed by atoms with Gasteiger partial charge in [-0.2, -0.15) is 0 Å². The van der Waals surface area contributed by atoms with E-state index < -0.39 is 0 Å². The predicted molar refractivity (Wildman–Crippen MR) is 61.6 cm³/mol. The molecule has 0 aliphatic heterocycles. The van der Waals surface area contributed by atoms with E-state index in [2.05, 4.69) is 10.3 Å². The van der Waals surface area contributed by atoms with Crippen molar-refractivity contribution in [2.24, 2.45) is 0 Å². The molecule has 1 aromatic carbocycles. The molecule has 0 fully saturated rings. The van der Waals surface area contributed by atoms with Crippen molar-refractivity contribution in [2.45, 2.75) is 0 Å². The van der Waals surface area contributed by atoms with E-state index >= 15 is 0 Å². The van der Waals surface area contributed by atoms with Crippen LogP contribution in [0.1, 0.15) is 5.69 Å². The molecular weight excluding hydrogens is 204 g/mol. The topological polar surface area (TPSA) is 62.2 Å². The molecule has 2 aromatic rings. The van der Waals surface area contributed by atoms with E-state index in [9.17, 15) is 9.90 Å². The van der Waals surface area contributed by atoms with Crippen LogP contribution in [0, 0.1) is 0 Å². The van der Waals surface area contributed by atoms with Crippen molar-refractivity contribution in [1.29, 1.82) is 0 Å². The van der Waals surface area contributed by atoms with Crippen LogP contribution >= 0.6 is 0 Å². The average Bonchev–Trinajstić information content (AvgIpc) is 2.30. The minimum Gasteiger partial charge on any atom is -0.507 e. The Balaban J connectivity index is 2.56. The van der Waals surface area contributed by atoms with E-state index in [1.165, 1.54) is 6.20 Å². The number of benzene rings is 1. The second-order valence-corrected chi connectivity index (χ2v) is 3.19. The van der Waals surface area contributed by atoms with Gasteiger partial charge in [0.1, 0.15) is 5.75 Å². The second-order valence-electron chi connectivity index (χ2n) is 3.19. The molecule has 0 saturated heterocycles. The third-order valence-corrected chi connectivity index (χ3v) is 2.20. The summed E-state index contributed by atoms with van der Waals surface area (Å²) in [5.41, 5.74) is 0.616. The van der Waals surface area contributed by atoms with Gasteiger partial charge in [0.25, 0.3) is 0 Å². The number of carbonyl (C=O) groups is 1. The Morgan fingerprint density at radius 1 is 1.31 bits per heavy atom.